The fourth-order valence-corrected chi connectivity index (χ4v) is 2.68. The van der Waals surface area contributed by atoms with Gasteiger partial charge in [-0.05, 0) is 18.5 Å². The van der Waals surface area contributed by atoms with Crippen LogP contribution < -0.4 is 0 Å². The number of hydrogen-bond donors (Lipinski definition) is 0. The van der Waals surface area contributed by atoms with Crippen LogP contribution in [-0.4, -0.2) is 41.0 Å². The minimum Gasteiger partial charge on any atom is -0.356 e. The zero-order valence-corrected chi connectivity index (χ0v) is 16.9. The van der Waals surface area contributed by atoms with E-state index in [0.717, 1.165) is 12.2 Å². The van der Waals surface area contributed by atoms with E-state index in [9.17, 15) is 0 Å². The lowest BCUT2D eigenvalue weighted by molar-refractivity contribution is -0.119. The highest BCUT2D eigenvalue weighted by Crippen LogP contribution is 2.10. The molecule has 0 spiro atoms. The van der Waals surface area contributed by atoms with Crippen LogP contribution in [0.5, 0.6) is 0 Å². The maximum Gasteiger partial charge on any atom is 0.147 e. The molecule has 4 nitrogen and oxygen atoms in total. The SMILES string of the molecule is C[C@H](COCOCc1ccccc1)[C@H](C)OCOCC[Si](C)(C)C. The van der Waals surface area contributed by atoms with Crippen molar-refractivity contribution in [1.29, 1.82) is 0 Å². The van der Waals surface area contributed by atoms with Crippen molar-refractivity contribution in [3.63, 3.8) is 0 Å². The molecule has 0 amide bonds. The van der Waals surface area contributed by atoms with Crippen molar-refractivity contribution in [3.8, 4) is 0 Å². The number of rotatable bonds is 13. The molecule has 0 fully saturated rings. The van der Waals surface area contributed by atoms with Crippen LogP contribution in [-0.2, 0) is 25.6 Å². The van der Waals surface area contributed by atoms with E-state index >= 15 is 0 Å². The Morgan fingerprint density at radius 1 is 0.917 bits per heavy atom. The van der Waals surface area contributed by atoms with Gasteiger partial charge in [0, 0.05) is 20.6 Å². The Morgan fingerprint density at radius 3 is 2.29 bits per heavy atom. The summed E-state index contributed by atoms with van der Waals surface area (Å²) in [4.78, 5) is 0. The van der Waals surface area contributed by atoms with Gasteiger partial charge in [0.1, 0.15) is 13.6 Å². The maximum absolute atomic E-state index is 5.72. The van der Waals surface area contributed by atoms with Crippen LogP contribution in [0.3, 0.4) is 0 Å². The molecule has 0 unspecified atom stereocenters. The quantitative estimate of drug-likeness (QED) is 0.296. The number of ether oxygens (including phenoxy) is 4. The Morgan fingerprint density at radius 2 is 1.62 bits per heavy atom. The number of hydrogen-bond acceptors (Lipinski definition) is 4. The molecule has 0 bridgehead atoms. The molecule has 0 heterocycles. The lowest BCUT2D eigenvalue weighted by Gasteiger charge is -2.21. The molecular formula is C19H34O4Si. The van der Waals surface area contributed by atoms with Crippen molar-refractivity contribution in [2.45, 2.75) is 52.2 Å². The summed E-state index contributed by atoms with van der Waals surface area (Å²) < 4.78 is 22.4. The van der Waals surface area contributed by atoms with E-state index in [1.165, 1.54) is 6.04 Å². The van der Waals surface area contributed by atoms with Gasteiger partial charge in [0.2, 0.25) is 0 Å². The molecule has 0 aliphatic carbocycles. The highest BCUT2D eigenvalue weighted by molar-refractivity contribution is 6.76. The highest BCUT2D eigenvalue weighted by Gasteiger charge is 2.14. The summed E-state index contributed by atoms with van der Waals surface area (Å²) in [7, 11) is -1.02. The van der Waals surface area contributed by atoms with Gasteiger partial charge >= 0.3 is 0 Å². The molecule has 2 atom stereocenters. The van der Waals surface area contributed by atoms with Gasteiger partial charge in [-0.1, -0.05) is 56.9 Å². The molecule has 5 heteroatoms. The summed E-state index contributed by atoms with van der Waals surface area (Å²) in [6.45, 7) is 13.9. The van der Waals surface area contributed by atoms with Crippen LogP contribution in [0.2, 0.25) is 25.7 Å². The maximum atomic E-state index is 5.72. The first-order valence-electron chi connectivity index (χ1n) is 8.77. The van der Waals surface area contributed by atoms with E-state index in [-0.39, 0.29) is 6.10 Å². The normalized spacial score (nSPS) is 14.5. The smallest absolute Gasteiger partial charge is 0.147 e. The first kappa shape index (κ1) is 21.3. The van der Waals surface area contributed by atoms with Gasteiger partial charge < -0.3 is 18.9 Å². The summed E-state index contributed by atoms with van der Waals surface area (Å²) in [5, 5.41) is 0. The van der Waals surface area contributed by atoms with E-state index in [0.29, 0.717) is 32.7 Å². The van der Waals surface area contributed by atoms with Crippen LogP contribution >= 0.6 is 0 Å². The van der Waals surface area contributed by atoms with E-state index in [1.54, 1.807) is 0 Å². The fourth-order valence-electron chi connectivity index (χ4n) is 1.92. The Balaban J connectivity index is 2.00. The van der Waals surface area contributed by atoms with Crippen LogP contribution in [0, 0.1) is 5.92 Å². The van der Waals surface area contributed by atoms with Crippen molar-refractivity contribution in [2.75, 3.05) is 26.8 Å². The largest absolute Gasteiger partial charge is 0.356 e. The molecule has 0 aromatic heterocycles. The molecule has 0 radical (unpaired) electrons. The van der Waals surface area contributed by atoms with Gasteiger partial charge in [0.15, 0.2) is 0 Å². The van der Waals surface area contributed by atoms with Gasteiger partial charge in [-0.2, -0.15) is 0 Å². The van der Waals surface area contributed by atoms with Gasteiger partial charge in [-0.25, -0.2) is 0 Å². The molecule has 1 rings (SSSR count). The Kier molecular flexibility index (Phi) is 10.5. The second-order valence-corrected chi connectivity index (χ2v) is 13.1. The predicted molar refractivity (Wildman–Crippen MR) is 101 cm³/mol. The lowest BCUT2D eigenvalue weighted by Crippen LogP contribution is -2.25. The second kappa shape index (κ2) is 11.8. The summed E-state index contributed by atoms with van der Waals surface area (Å²) in [6.07, 6.45) is 0.103. The third kappa shape index (κ3) is 10.9. The molecule has 0 saturated heterocycles. The topological polar surface area (TPSA) is 36.9 Å². The Labute approximate surface area is 148 Å². The van der Waals surface area contributed by atoms with E-state index < -0.39 is 8.07 Å². The van der Waals surface area contributed by atoms with Crippen molar-refractivity contribution < 1.29 is 18.9 Å². The molecule has 138 valence electrons. The van der Waals surface area contributed by atoms with Crippen LogP contribution in [0.15, 0.2) is 30.3 Å². The summed E-state index contributed by atoms with van der Waals surface area (Å²) in [5.41, 5.74) is 1.15. The Bertz CT molecular complexity index is 419. The molecule has 0 aliphatic heterocycles. The first-order chi connectivity index (χ1) is 11.4. The van der Waals surface area contributed by atoms with Gasteiger partial charge in [0.05, 0.1) is 19.3 Å². The standard InChI is InChI=1S/C19H34O4Si/c1-17(18(2)23-16-20-11-12-24(3,4)5)13-21-15-22-14-19-9-7-6-8-10-19/h6-10,17-18H,11-16H2,1-5H3/t17-,18+/m1/s1. The van der Waals surface area contributed by atoms with Crippen molar-refractivity contribution in [3.05, 3.63) is 35.9 Å². The molecule has 0 aliphatic rings. The van der Waals surface area contributed by atoms with E-state index in [2.05, 4.69) is 33.5 Å². The second-order valence-electron chi connectivity index (χ2n) is 7.51. The van der Waals surface area contributed by atoms with Crippen molar-refractivity contribution in [1.82, 2.24) is 0 Å². The minimum absolute atomic E-state index is 0.103. The highest BCUT2D eigenvalue weighted by atomic mass is 28.3. The predicted octanol–water partition coefficient (Wildman–Crippen LogP) is 4.53. The minimum atomic E-state index is -1.02. The molecular weight excluding hydrogens is 320 g/mol. The van der Waals surface area contributed by atoms with Gasteiger partial charge in [-0.15, -0.1) is 0 Å². The molecule has 24 heavy (non-hydrogen) atoms. The summed E-state index contributed by atoms with van der Waals surface area (Å²) in [5.74, 6) is 0.297. The van der Waals surface area contributed by atoms with Crippen LogP contribution in [0.1, 0.15) is 19.4 Å². The monoisotopic (exact) mass is 354 g/mol. The van der Waals surface area contributed by atoms with Gasteiger partial charge in [-0.3, -0.25) is 0 Å². The van der Waals surface area contributed by atoms with Crippen LogP contribution in [0.25, 0.3) is 0 Å². The van der Waals surface area contributed by atoms with Crippen molar-refractivity contribution >= 4 is 8.07 Å². The average molecular weight is 355 g/mol. The van der Waals surface area contributed by atoms with E-state index in [4.69, 9.17) is 18.9 Å². The third-order valence-electron chi connectivity index (χ3n) is 3.87. The first-order valence-corrected chi connectivity index (χ1v) is 12.5. The molecule has 0 saturated carbocycles. The van der Waals surface area contributed by atoms with E-state index in [1.807, 2.05) is 30.3 Å². The zero-order valence-electron chi connectivity index (χ0n) is 15.9. The summed E-state index contributed by atoms with van der Waals surface area (Å²) >= 11 is 0. The Hall–Kier alpha value is -0.723. The third-order valence-corrected chi connectivity index (χ3v) is 5.58. The zero-order chi connectivity index (χ0) is 17.8. The van der Waals surface area contributed by atoms with Gasteiger partial charge in [0.25, 0.3) is 0 Å². The average Bonchev–Trinajstić information content (AvgIpc) is 2.53. The molecule has 1 aromatic carbocycles. The molecule has 0 N–H and O–H groups in total. The van der Waals surface area contributed by atoms with Crippen LogP contribution in [0.4, 0.5) is 0 Å². The number of benzene rings is 1. The lowest BCUT2D eigenvalue weighted by atomic mass is 10.1. The van der Waals surface area contributed by atoms with Crippen molar-refractivity contribution in [2.24, 2.45) is 5.92 Å². The summed E-state index contributed by atoms with van der Waals surface area (Å²) in [6, 6.07) is 11.3. The fraction of sp³-hybridized carbons (Fsp3) is 0.684. The molecule has 1 aromatic rings.